The number of carbonyl (C=O) groups is 1. The summed E-state index contributed by atoms with van der Waals surface area (Å²) in [4.78, 5) is 29.6. The average Bonchev–Trinajstić information content (AvgIpc) is 2.88. The van der Waals surface area contributed by atoms with Crippen LogP contribution >= 0.6 is 11.6 Å². The van der Waals surface area contributed by atoms with Crippen LogP contribution in [0.5, 0.6) is 0 Å². The SMILES string of the molecule is O=C(NCc1nccc(Cl)c1F)c1cccc2[nH]c(=O)oc12. The lowest BCUT2D eigenvalue weighted by Gasteiger charge is -2.06. The van der Waals surface area contributed by atoms with E-state index in [1.807, 2.05) is 0 Å². The molecule has 1 aromatic carbocycles. The number of pyridine rings is 1. The van der Waals surface area contributed by atoms with E-state index in [-0.39, 0.29) is 28.4 Å². The number of aromatic amines is 1. The van der Waals surface area contributed by atoms with Crippen molar-refractivity contribution in [1.29, 1.82) is 0 Å². The number of amides is 1. The second-order valence-corrected chi connectivity index (χ2v) is 4.84. The fraction of sp³-hybridized carbons (Fsp3) is 0.0714. The number of halogens is 2. The summed E-state index contributed by atoms with van der Waals surface area (Å²) in [5, 5.41) is 2.44. The van der Waals surface area contributed by atoms with Crippen molar-refractivity contribution in [1.82, 2.24) is 15.3 Å². The molecule has 0 unspecified atom stereocenters. The van der Waals surface area contributed by atoms with Crippen LogP contribution in [0, 0.1) is 5.82 Å². The number of aromatic nitrogens is 2. The van der Waals surface area contributed by atoms with Gasteiger partial charge in [-0.1, -0.05) is 17.7 Å². The number of oxazole rings is 1. The van der Waals surface area contributed by atoms with Crippen LogP contribution in [0.1, 0.15) is 16.1 Å². The van der Waals surface area contributed by atoms with Gasteiger partial charge >= 0.3 is 5.76 Å². The molecule has 1 amide bonds. The number of nitrogens with one attached hydrogen (secondary N) is 2. The normalized spacial score (nSPS) is 10.8. The second kappa shape index (κ2) is 5.61. The predicted octanol–water partition coefficient (Wildman–Crippen LogP) is 2.24. The van der Waals surface area contributed by atoms with Crippen molar-refractivity contribution in [2.45, 2.75) is 6.54 Å². The lowest BCUT2D eigenvalue weighted by Crippen LogP contribution is -2.24. The Morgan fingerprint density at radius 2 is 2.23 bits per heavy atom. The number of rotatable bonds is 3. The zero-order chi connectivity index (χ0) is 15.7. The lowest BCUT2D eigenvalue weighted by molar-refractivity contribution is 0.0950. The van der Waals surface area contributed by atoms with Crippen LogP contribution in [0.3, 0.4) is 0 Å². The van der Waals surface area contributed by atoms with E-state index in [1.165, 1.54) is 18.3 Å². The van der Waals surface area contributed by atoms with Crippen molar-refractivity contribution >= 4 is 28.6 Å². The fourth-order valence-corrected chi connectivity index (χ4v) is 2.16. The number of nitrogens with zero attached hydrogens (tertiary/aromatic N) is 1. The van der Waals surface area contributed by atoms with E-state index in [0.29, 0.717) is 5.52 Å². The molecule has 0 saturated carbocycles. The van der Waals surface area contributed by atoms with Crippen molar-refractivity contribution in [3.8, 4) is 0 Å². The van der Waals surface area contributed by atoms with Crippen LogP contribution in [-0.2, 0) is 6.54 Å². The number of H-pyrrole nitrogens is 1. The Labute approximate surface area is 127 Å². The van der Waals surface area contributed by atoms with Crippen LogP contribution in [-0.4, -0.2) is 15.9 Å². The van der Waals surface area contributed by atoms with Crippen molar-refractivity contribution < 1.29 is 13.6 Å². The van der Waals surface area contributed by atoms with Gasteiger partial charge in [-0.15, -0.1) is 0 Å². The maximum Gasteiger partial charge on any atom is 0.417 e. The molecular weight excluding hydrogens is 313 g/mol. The number of para-hydroxylation sites is 1. The van der Waals surface area contributed by atoms with Crippen molar-refractivity contribution in [2.75, 3.05) is 0 Å². The molecule has 0 saturated heterocycles. The third-order valence-corrected chi connectivity index (χ3v) is 3.31. The summed E-state index contributed by atoms with van der Waals surface area (Å²) < 4.78 is 18.6. The van der Waals surface area contributed by atoms with Gasteiger partial charge in [-0.25, -0.2) is 9.18 Å². The molecule has 6 nitrogen and oxygen atoms in total. The van der Waals surface area contributed by atoms with Crippen LogP contribution < -0.4 is 11.1 Å². The van der Waals surface area contributed by atoms with Gasteiger partial charge in [0, 0.05) is 6.20 Å². The first-order valence-electron chi connectivity index (χ1n) is 6.25. The largest absolute Gasteiger partial charge is 0.417 e. The Morgan fingerprint density at radius 3 is 3.05 bits per heavy atom. The van der Waals surface area contributed by atoms with Gasteiger partial charge in [0.05, 0.1) is 28.3 Å². The molecule has 0 radical (unpaired) electrons. The van der Waals surface area contributed by atoms with Crippen molar-refractivity contribution in [2.24, 2.45) is 0 Å². The van der Waals surface area contributed by atoms with Gasteiger partial charge in [-0.05, 0) is 18.2 Å². The number of hydrogen-bond acceptors (Lipinski definition) is 4. The molecule has 0 aliphatic heterocycles. The van der Waals surface area contributed by atoms with E-state index in [4.69, 9.17) is 16.0 Å². The molecular formula is C14H9ClFN3O3. The van der Waals surface area contributed by atoms with Gasteiger partial charge in [-0.2, -0.15) is 0 Å². The average molecular weight is 322 g/mol. The Hall–Kier alpha value is -2.67. The summed E-state index contributed by atoms with van der Waals surface area (Å²) in [5.41, 5.74) is 0.732. The highest BCUT2D eigenvalue weighted by Crippen LogP contribution is 2.17. The molecule has 0 aliphatic carbocycles. The summed E-state index contributed by atoms with van der Waals surface area (Å²) in [6.07, 6.45) is 1.35. The quantitative estimate of drug-likeness (QED) is 0.774. The zero-order valence-electron chi connectivity index (χ0n) is 11.0. The molecule has 2 heterocycles. The molecule has 2 N–H and O–H groups in total. The summed E-state index contributed by atoms with van der Waals surface area (Å²) in [5.74, 6) is -1.86. The molecule has 0 bridgehead atoms. The van der Waals surface area contributed by atoms with Crippen LogP contribution in [0.4, 0.5) is 4.39 Å². The van der Waals surface area contributed by atoms with Crippen LogP contribution in [0.25, 0.3) is 11.1 Å². The molecule has 0 atom stereocenters. The summed E-state index contributed by atoms with van der Waals surface area (Å²) in [6.45, 7) is -0.143. The zero-order valence-corrected chi connectivity index (χ0v) is 11.8. The van der Waals surface area contributed by atoms with Gasteiger partial charge in [0.15, 0.2) is 11.4 Å². The molecule has 22 heavy (non-hydrogen) atoms. The molecule has 3 aromatic rings. The van der Waals surface area contributed by atoms with Gasteiger partial charge in [0.25, 0.3) is 5.91 Å². The minimum Gasteiger partial charge on any atom is -0.407 e. The monoisotopic (exact) mass is 321 g/mol. The molecule has 8 heteroatoms. The maximum atomic E-state index is 13.7. The number of fused-ring (bicyclic) bond motifs is 1. The first-order chi connectivity index (χ1) is 10.6. The summed E-state index contributed by atoms with van der Waals surface area (Å²) in [7, 11) is 0. The first kappa shape index (κ1) is 14.3. The molecule has 3 rings (SSSR count). The highest BCUT2D eigenvalue weighted by molar-refractivity contribution is 6.30. The Morgan fingerprint density at radius 1 is 1.41 bits per heavy atom. The Balaban J connectivity index is 1.85. The van der Waals surface area contributed by atoms with Gasteiger partial charge in [0.1, 0.15) is 0 Å². The predicted molar refractivity (Wildman–Crippen MR) is 77.2 cm³/mol. The van der Waals surface area contributed by atoms with Crippen molar-refractivity contribution in [3.63, 3.8) is 0 Å². The van der Waals surface area contributed by atoms with E-state index < -0.39 is 17.5 Å². The fourth-order valence-electron chi connectivity index (χ4n) is 2.00. The minimum absolute atomic E-state index is 0.0172. The summed E-state index contributed by atoms with van der Waals surface area (Å²) in [6, 6.07) is 6.02. The number of hydrogen-bond donors (Lipinski definition) is 2. The Bertz CT molecular complexity index is 919. The van der Waals surface area contributed by atoms with Gasteiger partial charge < -0.3 is 9.73 Å². The van der Waals surface area contributed by atoms with E-state index >= 15 is 0 Å². The third-order valence-electron chi connectivity index (χ3n) is 3.02. The summed E-state index contributed by atoms with van der Waals surface area (Å²) >= 11 is 5.65. The first-order valence-corrected chi connectivity index (χ1v) is 6.63. The van der Waals surface area contributed by atoms with Gasteiger partial charge in [-0.3, -0.25) is 14.8 Å². The number of carbonyl (C=O) groups excluding carboxylic acids is 1. The molecule has 0 fully saturated rings. The topological polar surface area (TPSA) is 88.0 Å². The van der Waals surface area contributed by atoms with E-state index in [1.54, 1.807) is 12.1 Å². The highest BCUT2D eigenvalue weighted by atomic mass is 35.5. The smallest absolute Gasteiger partial charge is 0.407 e. The van der Waals surface area contributed by atoms with Gasteiger partial charge in [0.2, 0.25) is 0 Å². The van der Waals surface area contributed by atoms with Crippen molar-refractivity contribution in [3.05, 3.63) is 63.1 Å². The Kier molecular flexibility index (Phi) is 3.64. The third kappa shape index (κ3) is 2.58. The van der Waals surface area contributed by atoms with E-state index in [9.17, 15) is 14.0 Å². The molecule has 2 aromatic heterocycles. The van der Waals surface area contributed by atoms with E-state index in [0.717, 1.165) is 0 Å². The molecule has 0 aliphatic rings. The highest BCUT2D eigenvalue weighted by Gasteiger charge is 2.15. The van der Waals surface area contributed by atoms with Crippen LogP contribution in [0.2, 0.25) is 5.02 Å². The molecule has 0 spiro atoms. The lowest BCUT2D eigenvalue weighted by atomic mass is 10.2. The maximum absolute atomic E-state index is 13.7. The van der Waals surface area contributed by atoms with E-state index in [2.05, 4.69) is 15.3 Å². The minimum atomic E-state index is -0.684. The van der Waals surface area contributed by atoms with Crippen LogP contribution in [0.15, 0.2) is 39.7 Å². The second-order valence-electron chi connectivity index (χ2n) is 4.43. The number of benzene rings is 1. The standard InChI is InChI=1S/C14H9ClFN3O3/c15-8-4-5-17-10(11(8)16)6-18-13(20)7-2-1-3-9-12(7)22-14(21)19-9/h1-5H,6H2,(H,18,20)(H,19,21). The molecule has 112 valence electrons.